The summed E-state index contributed by atoms with van der Waals surface area (Å²) in [6.45, 7) is 2.22. The number of amides is 1. The van der Waals surface area contributed by atoms with E-state index < -0.39 is 11.9 Å². The first-order chi connectivity index (χ1) is 11.1. The molecule has 0 spiro atoms. The second-order valence-corrected chi connectivity index (χ2v) is 5.92. The lowest BCUT2D eigenvalue weighted by Gasteiger charge is -2.07. The van der Waals surface area contributed by atoms with Gasteiger partial charge >= 0.3 is 5.97 Å². The van der Waals surface area contributed by atoms with E-state index in [1.165, 1.54) is 44.9 Å². The molecule has 0 atom stereocenters. The van der Waals surface area contributed by atoms with E-state index in [1.54, 1.807) is 0 Å². The van der Waals surface area contributed by atoms with Crippen molar-refractivity contribution >= 4 is 11.9 Å². The zero-order valence-corrected chi connectivity index (χ0v) is 14.5. The van der Waals surface area contributed by atoms with Crippen LogP contribution in [0.5, 0.6) is 0 Å². The number of carbonyl (C=O) groups excluding carboxylic acids is 1. The number of carbonyl (C=O) groups is 2. The molecule has 1 amide bonds. The molecule has 0 unspecified atom stereocenters. The lowest BCUT2D eigenvalue weighted by Crippen LogP contribution is -2.28. The summed E-state index contributed by atoms with van der Waals surface area (Å²) in [4.78, 5) is 22.5. The van der Waals surface area contributed by atoms with Crippen LogP contribution in [0.2, 0.25) is 0 Å². The van der Waals surface area contributed by atoms with Gasteiger partial charge in [-0.15, -0.1) is 0 Å². The molecule has 0 aromatic heterocycles. The van der Waals surface area contributed by atoms with E-state index in [1.807, 2.05) is 0 Å². The van der Waals surface area contributed by atoms with Crippen molar-refractivity contribution in [3.63, 3.8) is 0 Å². The Bertz CT molecular complexity index is 353. The molecule has 23 heavy (non-hydrogen) atoms. The van der Waals surface area contributed by atoms with Crippen LogP contribution in [0.1, 0.15) is 77.6 Å². The number of nitrogens with one attached hydrogen (secondary N) is 1. The summed E-state index contributed by atoms with van der Waals surface area (Å²) in [6, 6.07) is 0. The van der Waals surface area contributed by atoms with Crippen molar-refractivity contribution in [3.8, 4) is 0 Å². The van der Waals surface area contributed by atoms with Crippen LogP contribution < -0.4 is 5.32 Å². The quantitative estimate of drug-likeness (QED) is 0.318. The molecule has 0 aromatic carbocycles. The highest BCUT2D eigenvalue weighted by atomic mass is 16.4. The van der Waals surface area contributed by atoms with Crippen LogP contribution in [-0.4, -0.2) is 35.2 Å². The predicted octanol–water partition coefficient (Wildman–Crippen LogP) is 3.42. The number of hydrogen-bond donors (Lipinski definition) is 3. The Balaban J connectivity index is 3.79. The lowest BCUT2D eigenvalue weighted by atomic mass is 10.0. The molecule has 0 aromatic rings. The lowest BCUT2D eigenvalue weighted by molar-refractivity contribution is -0.132. The molecular formula is C18H33NO4. The van der Waals surface area contributed by atoms with Crippen molar-refractivity contribution in [1.29, 1.82) is 0 Å². The van der Waals surface area contributed by atoms with Gasteiger partial charge in [0.05, 0.1) is 6.61 Å². The van der Waals surface area contributed by atoms with Crippen LogP contribution in [0.3, 0.4) is 0 Å². The van der Waals surface area contributed by atoms with Gasteiger partial charge in [-0.1, -0.05) is 64.7 Å². The van der Waals surface area contributed by atoms with Gasteiger partial charge in [-0.05, 0) is 12.8 Å². The highest BCUT2D eigenvalue weighted by Gasteiger charge is 2.10. The molecule has 5 nitrogen and oxygen atoms in total. The molecule has 0 bridgehead atoms. The smallest absolute Gasteiger partial charge is 0.328 e. The first-order valence-corrected chi connectivity index (χ1v) is 8.94. The Morgan fingerprint density at radius 1 is 0.913 bits per heavy atom. The van der Waals surface area contributed by atoms with Crippen molar-refractivity contribution in [2.75, 3.05) is 13.2 Å². The fourth-order valence-corrected chi connectivity index (χ4v) is 2.49. The van der Waals surface area contributed by atoms with Crippen molar-refractivity contribution in [2.45, 2.75) is 77.6 Å². The minimum atomic E-state index is -1.11. The van der Waals surface area contributed by atoms with E-state index in [-0.39, 0.29) is 18.7 Å². The summed E-state index contributed by atoms with van der Waals surface area (Å²) in [5, 5.41) is 20.0. The third-order valence-corrected chi connectivity index (χ3v) is 3.79. The van der Waals surface area contributed by atoms with Crippen LogP contribution >= 0.6 is 0 Å². The summed E-state index contributed by atoms with van der Waals surface area (Å²) < 4.78 is 0. The Morgan fingerprint density at radius 2 is 1.43 bits per heavy atom. The number of carboxylic acids is 1. The predicted molar refractivity (Wildman–Crippen MR) is 92.3 cm³/mol. The number of unbranched alkanes of at least 4 members (excludes halogenated alkanes) is 9. The standard InChI is InChI=1S/C18H33NO4/c1-2-3-4-5-6-7-8-9-10-11-12-16(15-17(21)22)18(23)19-13-14-20/h15,20H,2-14H2,1H3,(H,19,23)(H,21,22)/b16-15-. The number of carboxylic acid groups (broad SMARTS) is 1. The third-order valence-electron chi connectivity index (χ3n) is 3.79. The Morgan fingerprint density at radius 3 is 1.91 bits per heavy atom. The SMILES string of the molecule is CCCCCCCCCCCC/C(=C/C(=O)O)C(=O)NCCO. The van der Waals surface area contributed by atoms with E-state index in [0.717, 1.165) is 25.3 Å². The van der Waals surface area contributed by atoms with Crippen LogP contribution in [0.4, 0.5) is 0 Å². The first kappa shape index (κ1) is 21.6. The van der Waals surface area contributed by atoms with Crippen molar-refractivity contribution in [3.05, 3.63) is 11.6 Å². The third kappa shape index (κ3) is 14.0. The van der Waals surface area contributed by atoms with Gasteiger partial charge in [0.1, 0.15) is 0 Å². The molecule has 0 rings (SSSR count). The van der Waals surface area contributed by atoms with E-state index in [2.05, 4.69) is 12.2 Å². The fourth-order valence-electron chi connectivity index (χ4n) is 2.49. The average Bonchev–Trinajstić information content (AvgIpc) is 2.52. The van der Waals surface area contributed by atoms with Gasteiger partial charge in [-0.3, -0.25) is 4.79 Å². The van der Waals surface area contributed by atoms with Crippen molar-refractivity contribution < 1.29 is 19.8 Å². The number of aliphatic carboxylic acids is 1. The van der Waals surface area contributed by atoms with Crippen LogP contribution in [-0.2, 0) is 9.59 Å². The zero-order chi connectivity index (χ0) is 17.3. The zero-order valence-electron chi connectivity index (χ0n) is 14.5. The van der Waals surface area contributed by atoms with Gasteiger partial charge in [0.25, 0.3) is 0 Å². The second kappa shape index (κ2) is 15.5. The Kier molecular flexibility index (Phi) is 14.6. The average molecular weight is 327 g/mol. The first-order valence-electron chi connectivity index (χ1n) is 8.94. The molecule has 0 saturated heterocycles. The molecule has 0 aliphatic rings. The number of rotatable bonds is 15. The van der Waals surface area contributed by atoms with E-state index in [0.29, 0.717) is 6.42 Å². The maximum absolute atomic E-state index is 11.8. The Hall–Kier alpha value is -1.36. The molecule has 0 heterocycles. The summed E-state index contributed by atoms with van der Waals surface area (Å²) in [5.74, 6) is -1.50. The fraction of sp³-hybridized carbons (Fsp3) is 0.778. The molecule has 0 aliphatic heterocycles. The summed E-state index contributed by atoms with van der Waals surface area (Å²) in [5.41, 5.74) is 0.283. The van der Waals surface area contributed by atoms with E-state index >= 15 is 0 Å². The van der Waals surface area contributed by atoms with E-state index in [4.69, 9.17) is 10.2 Å². The van der Waals surface area contributed by atoms with Crippen molar-refractivity contribution in [2.24, 2.45) is 0 Å². The normalized spacial score (nSPS) is 11.5. The number of aliphatic hydroxyl groups excluding tert-OH is 1. The van der Waals surface area contributed by atoms with Gasteiger partial charge in [0.2, 0.25) is 5.91 Å². The van der Waals surface area contributed by atoms with E-state index in [9.17, 15) is 9.59 Å². The molecule has 5 heteroatoms. The maximum Gasteiger partial charge on any atom is 0.328 e. The molecule has 0 saturated carbocycles. The summed E-state index contributed by atoms with van der Waals surface area (Å²) in [7, 11) is 0. The highest BCUT2D eigenvalue weighted by molar-refractivity contribution is 5.98. The minimum absolute atomic E-state index is 0.147. The maximum atomic E-state index is 11.8. The number of aliphatic hydroxyl groups is 1. The van der Waals surface area contributed by atoms with Gasteiger partial charge in [-0.2, -0.15) is 0 Å². The second-order valence-electron chi connectivity index (χ2n) is 5.92. The minimum Gasteiger partial charge on any atom is -0.478 e. The summed E-state index contributed by atoms with van der Waals surface area (Å²) in [6.07, 6.45) is 13.4. The molecular weight excluding hydrogens is 294 g/mol. The van der Waals surface area contributed by atoms with Gasteiger partial charge < -0.3 is 15.5 Å². The van der Waals surface area contributed by atoms with Crippen LogP contribution in [0, 0.1) is 0 Å². The monoisotopic (exact) mass is 327 g/mol. The topological polar surface area (TPSA) is 86.6 Å². The highest BCUT2D eigenvalue weighted by Crippen LogP contribution is 2.14. The van der Waals surface area contributed by atoms with Gasteiger partial charge in [0, 0.05) is 18.2 Å². The largest absolute Gasteiger partial charge is 0.478 e. The molecule has 0 radical (unpaired) electrons. The van der Waals surface area contributed by atoms with Gasteiger partial charge in [-0.25, -0.2) is 4.79 Å². The van der Waals surface area contributed by atoms with Crippen molar-refractivity contribution in [1.82, 2.24) is 5.32 Å². The van der Waals surface area contributed by atoms with Crippen LogP contribution in [0.25, 0.3) is 0 Å². The molecule has 0 aliphatic carbocycles. The number of hydrogen-bond acceptors (Lipinski definition) is 3. The van der Waals surface area contributed by atoms with Gasteiger partial charge in [0.15, 0.2) is 0 Å². The van der Waals surface area contributed by atoms with Crippen LogP contribution in [0.15, 0.2) is 11.6 Å². The molecule has 3 N–H and O–H groups in total. The molecule has 0 fully saturated rings. The molecule has 134 valence electrons. The Labute approximate surface area is 140 Å². The summed E-state index contributed by atoms with van der Waals surface area (Å²) >= 11 is 0.